The molecule has 140 valence electrons. The van der Waals surface area contributed by atoms with Crippen LogP contribution in [0.2, 0.25) is 0 Å². The normalized spacial score (nSPS) is 15.1. The predicted octanol–water partition coefficient (Wildman–Crippen LogP) is 3.17. The van der Waals surface area contributed by atoms with Crippen LogP contribution in [0.15, 0.2) is 73.3 Å². The van der Waals surface area contributed by atoms with Gasteiger partial charge in [0.2, 0.25) is 0 Å². The molecule has 0 amide bonds. The summed E-state index contributed by atoms with van der Waals surface area (Å²) in [4.78, 5) is 11.3. The van der Waals surface area contributed by atoms with Crippen molar-refractivity contribution in [2.75, 3.05) is 26.3 Å². The Labute approximate surface area is 165 Å². The molecule has 1 aliphatic heterocycles. The van der Waals surface area contributed by atoms with Crippen molar-refractivity contribution in [1.29, 1.82) is 5.26 Å². The minimum Gasteiger partial charge on any atom is -0.379 e. The van der Waals surface area contributed by atoms with Gasteiger partial charge in [0, 0.05) is 37.9 Å². The van der Waals surface area contributed by atoms with Gasteiger partial charge >= 0.3 is 0 Å². The largest absolute Gasteiger partial charge is 0.379 e. The van der Waals surface area contributed by atoms with Crippen molar-refractivity contribution in [2.24, 2.45) is 0 Å². The molecule has 1 fully saturated rings. The Hall–Kier alpha value is -3.07. The first-order chi connectivity index (χ1) is 13.8. The fourth-order valence-corrected chi connectivity index (χ4v) is 4.05. The van der Waals surface area contributed by atoms with E-state index in [0.717, 1.165) is 36.2 Å². The summed E-state index contributed by atoms with van der Waals surface area (Å²) in [6.07, 6.45) is 8.20. The maximum absolute atomic E-state index is 9.35. The number of nitrogens with zero attached hydrogens (tertiary/aromatic N) is 4. The zero-order valence-electron chi connectivity index (χ0n) is 15.7. The number of morpholine rings is 1. The van der Waals surface area contributed by atoms with Crippen LogP contribution in [0.5, 0.6) is 0 Å². The molecule has 0 spiro atoms. The summed E-state index contributed by atoms with van der Waals surface area (Å²) >= 11 is 0. The zero-order chi connectivity index (χ0) is 19.2. The molecule has 1 saturated heterocycles. The molecule has 0 radical (unpaired) electrons. The van der Waals surface area contributed by atoms with Gasteiger partial charge in [0.15, 0.2) is 0 Å². The number of aromatic nitrogens is 2. The van der Waals surface area contributed by atoms with Gasteiger partial charge in [0.1, 0.15) is 0 Å². The average molecular weight is 370 g/mol. The molecule has 1 aliphatic rings. The van der Waals surface area contributed by atoms with Crippen LogP contribution in [0.25, 0.3) is 0 Å². The smallest absolute Gasteiger partial charge is 0.0991 e. The lowest BCUT2D eigenvalue weighted by atomic mass is 9.77. The predicted molar refractivity (Wildman–Crippen MR) is 107 cm³/mol. The molecule has 3 aromatic rings. The van der Waals surface area contributed by atoms with E-state index in [1.54, 1.807) is 12.4 Å². The fraction of sp³-hybridized carbons (Fsp3) is 0.261. The summed E-state index contributed by atoms with van der Waals surface area (Å²) in [6.45, 7) is 3.03. The highest BCUT2D eigenvalue weighted by Gasteiger charge is 2.41. The molecule has 3 heterocycles. The summed E-state index contributed by atoms with van der Waals surface area (Å²) < 4.78 is 5.64. The quantitative estimate of drug-likeness (QED) is 0.690. The second kappa shape index (κ2) is 8.30. The first kappa shape index (κ1) is 18.3. The fourth-order valence-electron chi connectivity index (χ4n) is 4.05. The van der Waals surface area contributed by atoms with Gasteiger partial charge in [-0.1, -0.05) is 24.3 Å². The van der Waals surface area contributed by atoms with Gasteiger partial charge in [0.05, 0.1) is 30.4 Å². The Balaban J connectivity index is 1.90. The lowest BCUT2D eigenvalue weighted by Crippen LogP contribution is -2.53. The maximum atomic E-state index is 9.35. The highest BCUT2D eigenvalue weighted by Crippen LogP contribution is 2.39. The molecule has 5 heteroatoms. The molecule has 0 aliphatic carbocycles. The molecule has 1 aromatic carbocycles. The number of ether oxygens (including phenoxy) is 1. The molecule has 0 N–H and O–H groups in total. The summed E-state index contributed by atoms with van der Waals surface area (Å²) in [5.74, 6) is 0. The van der Waals surface area contributed by atoms with Crippen molar-refractivity contribution in [3.63, 3.8) is 0 Å². The monoisotopic (exact) mass is 370 g/mol. The van der Waals surface area contributed by atoms with E-state index in [1.807, 2.05) is 42.7 Å². The summed E-state index contributed by atoms with van der Waals surface area (Å²) in [7, 11) is 0. The molecule has 0 unspecified atom stereocenters. The number of rotatable bonds is 5. The Morgan fingerprint density at radius 2 is 1.64 bits per heavy atom. The molecule has 0 atom stereocenters. The van der Waals surface area contributed by atoms with Crippen molar-refractivity contribution in [3.8, 4) is 6.07 Å². The van der Waals surface area contributed by atoms with Crippen LogP contribution in [0, 0.1) is 11.3 Å². The van der Waals surface area contributed by atoms with E-state index < -0.39 is 5.54 Å². The zero-order valence-corrected chi connectivity index (χ0v) is 15.7. The van der Waals surface area contributed by atoms with Crippen LogP contribution in [0.3, 0.4) is 0 Å². The second-order valence-corrected chi connectivity index (χ2v) is 6.93. The summed E-state index contributed by atoms with van der Waals surface area (Å²) in [5.41, 5.74) is 3.59. The van der Waals surface area contributed by atoms with E-state index in [4.69, 9.17) is 4.74 Å². The number of nitriles is 1. The lowest BCUT2D eigenvalue weighted by Gasteiger charge is -2.46. The van der Waals surface area contributed by atoms with Crippen LogP contribution in [-0.4, -0.2) is 41.2 Å². The number of hydrogen-bond acceptors (Lipinski definition) is 5. The molecular formula is C23H22N4O. The van der Waals surface area contributed by atoms with Crippen molar-refractivity contribution < 1.29 is 4.74 Å². The number of pyridine rings is 2. The van der Waals surface area contributed by atoms with Crippen LogP contribution >= 0.6 is 0 Å². The van der Waals surface area contributed by atoms with Crippen LogP contribution < -0.4 is 0 Å². The van der Waals surface area contributed by atoms with Gasteiger partial charge < -0.3 is 4.74 Å². The Morgan fingerprint density at radius 3 is 2.21 bits per heavy atom. The van der Waals surface area contributed by atoms with E-state index in [9.17, 15) is 5.26 Å². The van der Waals surface area contributed by atoms with E-state index in [-0.39, 0.29) is 0 Å². The summed E-state index contributed by atoms with van der Waals surface area (Å²) in [6, 6.07) is 18.3. The highest BCUT2D eigenvalue weighted by atomic mass is 16.5. The van der Waals surface area contributed by atoms with Crippen LogP contribution in [0.4, 0.5) is 0 Å². The van der Waals surface area contributed by atoms with Crippen molar-refractivity contribution in [1.82, 2.24) is 14.9 Å². The van der Waals surface area contributed by atoms with Crippen LogP contribution in [-0.2, 0) is 16.7 Å². The standard InChI is InChI=1S/C23H22N4O/c24-16-20-5-1-4-19(14-20)15-23(21-6-2-8-25-17-21,22-7-3-9-26-18-22)27-10-12-28-13-11-27/h1-9,14,17-18H,10-13,15H2. The third-order valence-corrected chi connectivity index (χ3v) is 5.35. The van der Waals surface area contributed by atoms with E-state index in [2.05, 4.69) is 39.1 Å². The third-order valence-electron chi connectivity index (χ3n) is 5.35. The molecule has 0 bridgehead atoms. The first-order valence-corrected chi connectivity index (χ1v) is 9.46. The van der Waals surface area contributed by atoms with Gasteiger partial charge in [-0.2, -0.15) is 5.26 Å². The topological polar surface area (TPSA) is 62.0 Å². The number of hydrogen-bond donors (Lipinski definition) is 0. The van der Waals surface area contributed by atoms with E-state index >= 15 is 0 Å². The Morgan fingerprint density at radius 1 is 0.964 bits per heavy atom. The first-order valence-electron chi connectivity index (χ1n) is 9.46. The molecular weight excluding hydrogens is 348 g/mol. The summed E-state index contributed by atoms with van der Waals surface area (Å²) in [5, 5.41) is 9.35. The van der Waals surface area contributed by atoms with Gasteiger partial charge in [0.25, 0.3) is 0 Å². The Bertz CT molecular complexity index is 908. The molecule has 2 aromatic heterocycles. The Kier molecular flexibility index (Phi) is 5.43. The third kappa shape index (κ3) is 3.53. The van der Waals surface area contributed by atoms with Gasteiger partial charge in [-0.15, -0.1) is 0 Å². The average Bonchev–Trinajstić information content (AvgIpc) is 2.79. The minimum atomic E-state index is -0.430. The van der Waals surface area contributed by atoms with Crippen molar-refractivity contribution >= 4 is 0 Å². The SMILES string of the molecule is N#Cc1cccc(CC(c2cccnc2)(c2cccnc2)N2CCOCC2)c1. The maximum Gasteiger partial charge on any atom is 0.0991 e. The molecule has 5 nitrogen and oxygen atoms in total. The second-order valence-electron chi connectivity index (χ2n) is 6.93. The van der Waals surface area contributed by atoms with E-state index in [1.165, 1.54) is 0 Å². The van der Waals surface area contributed by atoms with E-state index in [0.29, 0.717) is 18.8 Å². The number of benzene rings is 1. The minimum absolute atomic E-state index is 0.430. The lowest BCUT2D eigenvalue weighted by molar-refractivity contribution is -0.0106. The van der Waals surface area contributed by atoms with Gasteiger partial charge in [-0.05, 0) is 47.4 Å². The van der Waals surface area contributed by atoms with Crippen molar-refractivity contribution in [2.45, 2.75) is 12.0 Å². The van der Waals surface area contributed by atoms with Crippen molar-refractivity contribution in [3.05, 3.63) is 95.6 Å². The molecule has 28 heavy (non-hydrogen) atoms. The van der Waals surface area contributed by atoms with Gasteiger partial charge in [-0.25, -0.2) is 0 Å². The molecule has 4 rings (SSSR count). The van der Waals surface area contributed by atoms with Gasteiger partial charge in [-0.3, -0.25) is 14.9 Å². The molecule has 0 saturated carbocycles. The van der Waals surface area contributed by atoms with Crippen LogP contribution in [0.1, 0.15) is 22.3 Å². The highest BCUT2D eigenvalue weighted by molar-refractivity contribution is 5.41.